The number of fused-ring (bicyclic) bond motifs is 1. The van der Waals surface area contributed by atoms with Crippen molar-refractivity contribution in [3.8, 4) is 0 Å². The molecule has 5 amide bonds. The Morgan fingerprint density at radius 2 is 1.62 bits per heavy atom. The molecule has 0 aromatic heterocycles. The Kier molecular flexibility index (Phi) is 12.2. The number of likely N-dealkylation sites (N-methyl/N-ethyl adjacent to an activating group) is 1. The summed E-state index contributed by atoms with van der Waals surface area (Å²) in [5.41, 5.74) is -1.68. The SMILES string of the molecule is CCCC[C@H](NC(=O)[C@@H]1[C@H]2CCC[C@H]2CN1C(=O)[C@@H](NC(=O)NC1([C@@H]2CCN(C)S2(=O)=O)CCCCC1)C(C)(C)C)C(=O)C(=O)NCC. The number of hydrogen-bond donors (Lipinski definition) is 4. The number of sulfonamides is 1. The molecule has 4 rings (SSSR count). The lowest BCUT2D eigenvalue weighted by molar-refractivity contribution is -0.144. The van der Waals surface area contributed by atoms with Crippen LogP contribution in [-0.2, 0) is 29.2 Å². The van der Waals surface area contributed by atoms with Gasteiger partial charge in [0.25, 0.3) is 5.91 Å². The van der Waals surface area contributed by atoms with Crippen LogP contribution in [0.1, 0.15) is 112 Å². The van der Waals surface area contributed by atoms with Crippen LogP contribution in [0.2, 0.25) is 0 Å². The first-order valence-electron chi connectivity index (χ1n) is 18.0. The van der Waals surface area contributed by atoms with Crippen molar-refractivity contribution < 1.29 is 32.4 Å². The van der Waals surface area contributed by atoms with Gasteiger partial charge in [0.1, 0.15) is 12.1 Å². The maximum Gasteiger partial charge on any atom is 0.315 e. The maximum atomic E-state index is 14.5. The lowest BCUT2D eigenvalue weighted by Crippen LogP contribution is -2.65. The number of carbonyl (C=O) groups excluding carboxylic acids is 5. The molecular formula is C34H58N6O7S. The van der Waals surface area contributed by atoms with E-state index < -0.39 is 73.9 Å². The zero-order valence-electron chi connectivity index (χ0n) is 29.7. The van der Waals surface area contributed by atoms with Crippen LogP contribution in [-0.4, -0.2) is 103 Å². The van der Waals surface area contributed by atoms with Crippen molar-refractivity contribution in [2.45, 2.75) is 141 Å². The average molecular weight is 695 g/mol. The van der Waals surface area contributed by atoms with Crippen molar-refractivity contribution >= 4 is 39.6 Å². The molecule has 2 aliphatic carbocycles. The summed E-state index contributed by atoms with van der Waals surface area (Å²) >= 11 is 0. The number of nitrogens with zero attached hydrogens (tertiary/aromatic N) is 2. The fraction of sp³-hybridized carbons (Fsp3) is 0.853. The van der Waals surface area contributed by atoms with Gasteiger partial charge >= 0.3 is 6.03 Å². The number of urea groups is 1. The Morgan fingerprint density at radius 3 is 2.21 bits per heavy atom. The summed E-state index contributed by atoms with van der Waals surface area (Å²) in [6, 6.07) is -3.44. The highest BCUT2D eigenvalue weighted by molar-refractivity contribution is 7.90. The number of hydrogen-bond acceptors (Lipinski definition) is 7. The van der Waals surface area contributed by atoms with Crippen LogP contribution in [0.3, 0.4) is 0 Å². The van der Waals surface area contributed by atoms with Gasteiger partial charge in [0.05, 0.1) is 16.8 Å². The first-order chi connectivity index (χ1) is 22.6. The maximum absolute atomic E-state index is 14.5. The van der Waals surface area contributed by atoms with E-state index in [1.807, 2.05) is 27.7 Å². The highest BCUT2D eigenvalue weighted by atomic mass is 32.2. The molecule has 0 unspecified atom stereocenters. The molecule has 4 fully saturated rings. The van der Waals surface area contributed by atoms with Crippen LogP contribution in [0.15, 0.2) is 0 Å². The summed E-state index contributed by atoms with van der Waals surface area (Å²) in [4.78, 5) is 69.4. The first kappa shape index (κ1) is 38.1. The monoisotopic (exact) mass is 694 g/mol. The van der Waals surface area contributed by atoms with E-state index in [0.717, 1.165) is 44.9 Å². The number of likely N-dealkylation sites (tertiary alicyclic amines) is 1. The van der Waals surface area contributed by atoms with E-state index in [1.54, 1.807) is 18.9 Å². The molecule has 2 heterocycles. The second-order valence-electron chi connectivity index (χ2n) is 15.5. The van der Waals surface area contributed by atoms with E-state index in [0.29, 0.717) is 45.2 Å². The van der Waals surface area contributed by atoms with Gasteiger partial charge in [-0.15, -0.1) is 0 Å². The second kappa shape index (κ2) is 15.4. The first-order valence-corrected chi connectivity index (χ1v) is 19.5. The van der Waals surface area contributed by atoms with Gasteiger partial charge in [-0.25, -0.2) is 17.5 Å². The van der Waals surface area contributed by atoms with Crippen molar-refractivity contribution in [2.75, 3.05) is 26.7 Å². The fourth-order valence-corrected chi connectivity index (χ4v) is 10.5. The van der Waals surface area contributed by atoms with Gasteiger partial charge in [0, 0.05) is 26.7 Å². The second-order valence-corrected chi connectivity index (χ2v) is 17.7. The Hall–Kier alpha value is -2.74. The molecule has 0 radical (unpaired) electrons. The molecule has 2 saturated carbocycles. The van der Waals surface area contributed by atoms with Gasteiger partial charge in [-0.2, -0.15) is 0 Å². The Labute approximate surface area is 286 Å². The summed E-state index contributed by atoms with van der Waals surface area (Å²) in [5.74, 6) is -2.26. The Bertz CT molecular complexity index is 1330. The molecule has 4 N–H and O–H groups in total. The minimum atomic E-state index is -3.59. The Balaban J connectivity index is 1.57. The smallest absolute Gasteiger partial charge is 0.315 e. The minimum Gasteiger partial charge on any atom is -0.350 e. The van der Waals surface area contributed by atoms with Crippen molar-refractivity contribution in [1.82, 2.24) is 30.5 Å². The van der Waals surface area contributed by atoms with E-state index in [1.165, 1.54) is 4.31 Å². The van der Waals surface area contributed by atoms with E-state index in [4.69, 9.17) is 0 Å². The summed E-state index contributed by atoms with van der Waals surface area (Å²) in [6.07, 6.45) is 8.36. The number of carbonyl (C=O) groups is 5. The van der Waals surface area contributed by atoms with Gasteiger partial charge in [0.2, 0.25) is 27.6 Å². The third kappa shape index (κ3) is 8.00. The highest BCUT2D eigenvalue weighted by Gasteiger charge is 2.54. The number of nitrogens with one attached hydrogen (secondary N) is 4. The molecular weight excluding hydrogens is 636 g/mol. The van der Waals surface area contributed by atoms with Crippen LogP contribution in [0.4, 0.5) is 4.79 Å². The summed E-state index contributed by atoms with van der Waals surface area (Å²) in [5, 5.41) is 10.6. The number of amides is 5. The van der Waals surface area contributed by atoms with Crippen LogP contribution in [0.5, 0.6) is 0 Å². The van der Waals surface area contributed by atoms with Gasteiger partial charge in [-0.3, -0.25) is 19.2 Å². The minimum absolute atomic E-state index is 0.0927. The summed E-state index contributed by atoms with van der Waals surface area (Å²) in [6.45, 7) is 10.3. The third-order valence-corrected chi connectivity index (χ3v) is 13.6. The van der Waals surface area contributed by atoms with Crippen LogP contribution < -0.4 is 21.3 Å². The van der Waals surface area contributed by atoms with Crippen LogP contribution in [0.25, 0.3) is 0 Å². The highest BCUT2D eigenvalue weighted by Crippen LogP contribution is 2.43. The van der Waals surface area contributed by atoms with Gasteiger partial charge < -0.3 is 26.2 Å². The normalized spacial score (nSPS) is 27.8. The summed E-state index contributed by atoms with van der Waals surface area (Å²) < 4.78 is 28.0. The number of Topliss-reactive ketones (excluding diaryl/α,β-unsaturated/α-hetero) is 1. The number of rotatable bonds is 12. The molecule has 48 heavy (non-hydrogen) atoms. The molecule has 0 bridgehead atoms. The van der Waals surface area contributed by atoms with E-state index in [-0.39, 0.29) is 18.4 Å². The van der Waals surface area contributed by atoms with Crippen LogP contribution in [0, 0.1) is 17.3 Å². The Morgan fingerprint density at radius 1 is 0.938 bits per heavy atom. The lowest BCUT2D eigenvalue weighted by Gasteiger charge is -2.43. The van der Waals surface area contributed by atoms with Gasteiger partial charge in [0.15, 0.2) is 0 Å². The molecule has 0 spiro atoms. The molecule has 14 heteroatoms. The van der Waals surface area contributed by atoms with Gasteiger partial charge in [-0.1, -0.05) is 66.2 Å². The zero-order chi connectivity index (χ0) is 35.4. The van der Waals surface area contributed by atoms with Crippen molar-refractivity contribution in [1.29, 1.82) is 0 Å². The molecule has 0 aromatic carbocycles. The zero-order valence-corrected chi connectivity index (χ0v) is 30.5. The third-order valence-electron chi connectivity index (χ3n) is 11.1. The van der Waals surface area contributed by atoms with Crippen molar-refractivity contribution in [3.63, 3.8) is 0 Å². The average Bonchev–Trinajstić information content (AvgIpc) is 3.70. The standard InChI is InChI=1S/C34H58N6O7S/c1-7-9-16-24(27(41)30(43)35-8-2)36-29(42)26-23-15-13-14-22(23)21-40(26)31(44)28(33(3,4)5)37-32(45)38-34(18-11-10-12-19-34)25-17-20-39(6)48(25,46)47/h22-26,28H,7-21H2,1-6H3,(H,35,43)(H,36,42)(H2,37,38,45)/t22-,23-,24-,25-,26-,28+/m0/s1. The number of unbranched alkanes of at least 4 members (excludes halogenated alkanes) is 1. The number of ketones is 1. The van der Waals surface area contributed by atoms with Gasteiger partial charge in [-0.05, 0) is 62.7 Å². The van der Waals surface area contributed by atoms with Crippen LogP contribution >= 0.6 is 0 Å². The molecule has 13 nitrogen and oxygen atoms in total. The van der Waals surface area contributed by atoms with E-state index >= 15 is 0 Å². The lowest BCUT2D eigenvalue weighted by atomic mass is 9.78. The molecule has 2 aliphatic heterocycles. The topological polar surface area (TPSA) is 174 Å². The predicted molar refractivity (Wildman–Crippen MR) is 182 cm³/mol. The summed E-state index contributed by atoms with van der Waals surface area (Å²) in [7, 11) is -2.02. The predicted octanol–water partition coefficient (Wildman–Crippen LogP) is 2.44. The van der Waals surface area contributed by atoms with Crippen molar-refractivity contribution in [2.24, 2.45) is 17.3 Å². The molecule has 272 valence electrons. The molecule has 6 atom stereocenters. The van der Waals surface area contributed by atoms with E-state index in [2.05, 4.69) is 21.3 Å². The fourth-order valence-electron chi connectivity index (χ4n) is 8.48. The largest absolute Gasteiger partial charge is 0.350 e. The molecule has 2 saturated heterocycles. The molecule has 0 aromatic rings. The molecule has 4 aliphatic rings. The quantitative estimate of drug-likeness (QED) is 0.227. The van der Waals surface area contributed by atoms with Crippen molar-refractivity contribution in [3.05, 3.63) is 0 Å². The van der Waals surface area contributed by atoms with E-state index in [9.17, 15) is 32.4 Å².